The minimum absolute atomic E-state index is 0.0239. The molecule has 0 N–H and O–H groups in total. The van der Waals surface area contributed by atoms with Gasteiger partial charge in [-0.1, -0.05) is 0 Å². The van der Waals surface area contributed by atoms with Crippen molar-refractivity contribution in [1.29, 1.82) is 0 Å². The summed E-state index contributed by atoms with van der Waals surface area (Å²) in [4.78, 5) is 27.1. The van der Waals surface area contributed by atoms with E-state index in [2.05, 4.69) is 9.72 Å². The van der Waals surface area contributed by atoms with Crippen LogP contribution in [-0.4, -0.2) is 36.6 Å². The van der Waals surface area contributed by atoms with Gasteiger partial charge in [-0.3, -0.25) is 14.9 Å². The summed E-state index contributed by atoms with van der Waals surface area (Å²) in [5.74, 6) is 0.428. The van der Waals surface area contributed by atoms with Gasteiger partial charge in [-0.2, -0.15) is 0 Å². The maximum atomic E-state index is 11.0. The molecular weight excluding hydrogens is 250 g/mol. The fourth-order valence-electron chi connectivity index (χ4n) is 1.72. The Morgan fingerprint density at radius 1 is 1.58 bits per heavy atom. The monoisotopic (exact) mass is 267 g/mol. The summed E-state index contributed by atoms with van der Waals surface area (Å²) in [6, 6.07) is 1.49. The highest BCUT2D eigenvalue weighted by Gasteiger charge is 2.12. The van der Waals surface area contributed by atoms with Gasteiger partial charge in [-0.25, -0.2) is 4.98 Å². The summed E-state index contributed by atoms with van der Waals surface area (Å²) in [5, 5.41) is 10.6. The van der Waals surface area contributed by atoms with Crippen LogP contribution in [0.25, 0.3) is 0 Å². The zero-order valence-electron chi connectivity index (χ0n) is 11.3. The summed E-state index contributed by atoms with van der Waals surface area (Å²) in [6.45, 7) is 2.40. The van der Waals surface area contributed by atoms with Gasteiger partial charge in [0.25, 0.3) is 5.69 Å². The fraction of sp³-hybridized carbons (Fsp3) is 0.500. The fourth-order valence-corrected chi connectivity index (χ4v) is 1.72. The third-order valence-electron chi connectivity index (χ3n) is 2.71. The first-order chi connectivity index (χ1) is 8.95. The van der Waals surface area contributed by atoms with Gasteiger partial charge in [0.05, 0.1) is 12.0 Å². The van der Waals surface area contributed by atoms with Gasteiger partial charge >= 0.3 is 5.97 Å². The molecule has 0 atom stereocenters. The molecule has 0 unspecified atom stereocenters. The van der Waals surface area contributed by atoms with Gasteiger partial charge < -0.3 is 9.64 Å². The number of nitrogens with zero attached hydrogens (tertiary/aromatic N) is 3. The molecule has 0 bridgehead atoms. The highest BCUT2D eigenvalue weighted by atomic mass is 16.6. The van der Waals surface area contributed by atoms with Crippen LogP contribution >= 0.6 is 0 Å². The summed E-state index contributed by atoms with van der Waals surface area (Å²) in [6.07, 6.45) is 2.22. The summed E-state index contributed by atoms with van der Waals surface area (Å²) >= 11 is 0. The molecule has 1 aromatic rings. The van der Waals surface area contributed by atoms with Crippen molar-refractivity contribution in [1.82, 2.24) is 4.98 Å². The Hall–Kier alpha value is -2.18. The Kier molecular flexibility index (Phi) is 5.23. The summed E-state index contributed by atoms with van der Waals surface area (Å²) in [7, 11) is 3.19. The van der Waals surface area contributed by atoms with E-state index in [4.69, 9.17) is 0 Å². The second kappa shape index (κ2) is 6.67. The van der Waals surface area contributed by atoms with E-state index in [1.807, 2.05) is 11.9 Å². The lowest BCUT2D eigenvalue weighted by Gasteiger charge is -2.19. The summed E-state index contributed by atoms with van der Waals surface area (Å²) < 4.78 is 4.56. The Bertz CT molecular complexity index is 476. The van der Waals surface area contributed by atoms with E-state index in [0.29, 0.717) is 25.2 Å². The second-order valence-electron chi connectivity index (χ2n) is 4.19. The number of rotatable bonds is 6. The van der Waals surface area contributed by atoms with Gasteiger partial charge in [-0.05, 0) is 18.9 Å². The molecule has 0 spiro atoms. The lowest BCUT2D eigenvalue weighted by molar-refractivity contribution is -0.385. The largest absolute Gasteiger partial charge is 0.469 e. The van der Waals surface area contributed by atoms with E-state index in [1.165, 1.54) is 19.4 Å². The standard InChI is InChI=1S/C12H17N3O4/c1-9-7-10(15(17)18)8-13-12(9)14(2)6-4-5-11(16)19-3/h7-8H,4-6H2,1-3H3. The van der Waals surface area contributed by atoms with Crippen LogP contribution in [0.3, 0.4) is 0 Å². The number of hydrogen-bond donors (Lipinski definition) is 0. The number of hydrogen-bond acceptors (Lipinski definition) is 6. The number of methoxy groups -OCH3 is 1. The van der Waals surface area contributed by atoms with Crippen LogP contribution < -0.4 is 4.90 Å². The van der Waals surface area contributed by atoms with Gasteiger partial charge in [0.2, 0.25) is 0 Å². The van der Waals surface area contributed by atoms with Crippen LogP contribution in [0, 0.1) is 17.0 Å². The molecule has 0 amide bonds. The predicted octanol–water partition coefficient (Wildman–Crippen LogP) is 1.69. The molecular formula is C12H17N3O4. The van der Waals surface area contributed by atoms with Crippen molar-refractivity contribution >= 4 is 17.5 Å². The molecule has 7 heteroatoms. The number of anilines is 1. The van der Waals surface area contributed by atoms with Crippen LogP contribution in [0.15, 0.2) is 12.3 Å². The van der Waals surface area contributed by atoms with E-state index < -0.39 is 4.92 Å². The van der Waals surface area contributed by atoms with Crippen molar-refractivity contribution in [3.63, 3.8) is 0 Å². The zero-order valence-corrected chi connectivity index (χ0v) is 11.3. The molecule has 0 aliphatic heterocycles. The van der Waals surface area contributed by atoms with Crippen molar-refractivity contribution in [2.24, 2.45) is 0 Å². The van der Waals surface area contributed by atoms with Crippen LogP contribution in [0.1, 0.15) is 18.4 Å². The zero-order chi connectivity index (χ0) is 14.4. The average Bonchev–Trinajstić information content (AvgIpc) is 2.37. The van der Waals surface area contributed by atoms with Crippen molar-refractivity contribution in [2.45, 2.75) is 19.8 Å². The van der Waals surface area contributed by atoms with E-state index in [1.54, 1.807) is 6.92 Å². The number of aryl methyl sites for hydroxylation is 1. The quantitative estimate of drug-likeness (QED) is 0.443. The number of ether oxygens (including phenoxy) is 1. The van der Waals surface area contributed by atoms with E-state index in [0.717, 1.165) is 5.56 Å². The molecule has 0 radical (unpaired) electrons. The molecule has 0 aromatic carbocycles. The molecule has 0 saturated carbocycles. The topological polar surface area (TPSA) is 85.6 Å². The van der Waals surface area contributed by atoms with E-state index in [-0.39, 0.29) is 11.7 Å². The minimum atomic E-state index is -0.471. The number of pyridine rings is 1. The Labute approximate surface area is 111 Å². The molecule has 1 heterocycles. The van der Waals surface area contributed by atoms with Crippen LogP contribution in [0.5, 0.6) is 0 Å². The molecule has 1 rings (SSSR count). The minimum Gasteiger partial charge on any atom is -0.469 e. The van der Waals surface area contributed by atoms with E-state index >= 15 is 0 Å². The Morgan fingerprint density at radius 2 is 2.26 bits per heavy atom. The molecule has 0 saturated heterocycles. The second-order valence-corrected chi connectivity index (χ2v) is 4.19. The molecule has 19 heavy (non-hydrogen) atoms. The van der Waals surface area contributed by atoms with Crippen molar-refractivity contribution in [3.05, 3.63) is 27.9 Å². The summed E-state index contributed by atoms with van der Waals surface area (Å²) in [5.41, 5.74) is 0.707. The van der Waals surface area contributed by atoms with Gasteiger partial charge in [0.1, 0.15) is 12.0 Å². The van der Waals surface area contributed by atoms with Crippen LogP contribution in [0.4, 0.5) is 11.5 Å². The third-order valence-corrected chi connectivity index (χ3v) is 2.71. The smallest absolute Gasteiger partial charge is 0.305 e. The number of esters is 1. The molecule has 7 nitrogen and oxygen atoms in total. The molecule has 104 valence electrons. The molecule has 0 aliphatic rings. The highest BCUT2D eigenvalue weighted by Crippen LogP contribution is 2.20. The lowest BCUT2D eigenvalue weighted by Crippen LogP contribution is -2.21. The number of aromatic nitrogens is 1. The van der Waals surface area contributed by atoms with Crippen molar-refractivity contribution in [2.75, 3.05) is 25.6 Å². The maximum absolute atomic E-state index is 11.0. The SMILES string of the molecule is COC(=O)CCCN(C)c1ncc([N+](=O)[O-])cc1C. The Balaban J connectivity index is 2.64. The average molecular weight is 267 g/mol. The maximum Gasteiger partial charge on any atom is 0.305 e. The number of carbonyl (C=O) groups is 1. The predicted molar refractivity (Wildman–Crippen MR) is 70.1 cm³/mol. The van der Waals surface area contributed by atoms with Crippen LogP contribution in [-0.2, 0) is 9.53 Å². The first kappa shape index (κ1) is 14.9. The first-order valence-electron chi connectivity index (χ1n) is 5.84. The Morgan fingerprint density at radius 3 is 2.79 bits per heavy atom. The number of carbonyl (C=O) groups excluding carboxylic acids is 1. The van der Waals surface area contributed by atoms with Gasteiger partial charge in [-0.15, -0.1) is 0 Å². The van der Waals surface area contributed by atoms with E-state index in [9.17, 15) is 14.9 Å². The van der Waals surface area contributed by atoms with Crippen LogP contribution in [0.2, 0.25) is 0 Å². The third kappa shape index (κ3) is 4.20. The van der Waals surface area contributed by atoms with Gasteiger partial charge in [0, 0.05) is 26.1 Å². The molecule has 0 aliphatic carbocycles. The lowest BCUT2D eigenvalue weighted by atomic mass is 10.2. The number of nitro groups is 1. The first-order valence-corrected chi connectivity index (χ1v) is 5.84. The van der Waals surface area contributed by atoms with Gasteiger partial charge in [0.15, 0.2) is 0 Å². The highest BCUT2D eigenvalue weighted by molar-refractivity contribution is 5.69. The molecule has 1 aromatic heterocycles. The van der Waals surface area contributed by atoms with Crippen molar-refractivity contribution in [3.8, 4) is 0 Å². The molecule has 0 fully saturated rings. The normalized spacial score (nSPS) is 10.1. The van der Waals surface area contributed by atoms with Crippen molar-refractivity contribution < 1.29 is 14.5 Å².